The molecule has 0 amide bonds. The van der Waals surface area contributed by atoms with E-state index in [9.17, 15) is 4.79 Å². The third-order valence-corrected chi connectivity index (χ3v) is 8.65. The van der Waals surface area contributed by atoms with Crippen molar-refractivity contribution in [2.45, 2.75) is 111 Å². The van der Waals surface area contributed by atoms with Gasteiger partial charge in [0.1, 0.15) is 6.10 Å². The van der Waals surface area contributed by atoms with Crippen LogP contribution in [0.2, 0.25) is 0 Å². The molecule has 156 valence electrons. The van der Waals surface area contributed by atoms with Crippen molar-refractivity contribution in [1.82, 2.24) is 0 Å². The highest BCUT2D eigenvalue weighted by atomic mass is 16.5. The van der Waals surface area contributed by atoms with Crippen LogP contribution >= 0.6 is 0 Å². The van der Waals surface area contributed by atoms with Gasteiger partial charge in [0.15, 0.2) is 0 Å². The van der Waals surface area contributed by atoms with Crippen LogP contribution in [0.4, 0.5) is 0 Å². The van der Waals surface area contributed by atoms with E-state index in [1.54, 1.807) is 0 Å². The van der Waals surface area contributed by atoms with Crippen LogP contribution < -0.4 is 0 Å². The van der Waals surface area contributed by atoms with E-state index in [1.807, 2.05) is 0 Å². The third kappa shape index (κ3) is 5.97. The molecule has 0 heterocycles. The Labute approximate surface area is 168 Å². The summed E-state index contributed by atoms with van der Waals surface area (Å²) < 4.78 is 5.98. The van der Waals surface area contributed by atoms with Gasteiger partial charge in [-0.3, -0.25) is 4.79 Å². The quantitative estimate of drug-likeness (QED) is 0.482. The zero-order chi connectivity index (χ0) is 19.4. The molecule has 0 aromatic rings. The van der Waals surface area contributed by atoms with Gasteiger partial charge in [-0.05, 0) is 74.0 Å². The lowest BCUT2D eigenvalue weighted by molar-refractivity contribution is -0.159. The van der Waals surface area contributed by atoms with Crippen LogP contribution in [0.1, 0.15) is 105 Å². The van der Waals surface area contributed by atoms with Crippen molar-refractivity contribution in [2.75, 3.05) is 0 Å². The number of esters is 1. The summed E-state index contributed by atoms with van der Waals surface area (Å²) in [6, 6.07) is 0. The second-order valence-corrected chi connectivity index (χ2v) is 10.8. The molecule has 0 aromatic carbocycles. The summed E-state index contributed by atoms with van der Waals surface area (Å²) in [6.07, 6.45) is 15.6. The first-order valence-electron chi connectivity index (χ1n) is 12.1. The highest BCUT2D eigenvalue weighted by Crippen LogP contribution is 2.39. The molecule has 0 aliphatic heterocycles. The first-order chi connectivity index (χ1) is 12.9. The number of carbonyl (C=O) groups is 1. The molecule has 3 rings (SSSR count). The lowest BCUT2D eigenvalue weighted by Gasteiger charge is -2.37. The van der Waals surface area contributed by atoms with Crippen LogP contribution in [0.25, 0.3) is 0 Å². The van der Waals surface area contributed by atoms with Crippen LogP contribution in [0.3, 0.4) is 0 Å². The van der Waals surface area contributed by atoms with Crippen molar-refractivity contribution in [3.8, 4) is 0 Å². The van der Waals surface area contributed by atoms with Crippen LogP contribution in [0, 0.1) is 41.4 Å². The number of hydrogen-bond acceptors (Lipinski definition) is 2. The Morgan fingerprint density at radius 2 is 1.22 bits per heavy atom. The average Bonchev–Trinajstić information content (AvgIpc) is 2.66. The first-order valence-corrected chi connectivity index (χ1v) is 12.1. The Balaban J connectivity index is 1.34. The predicted octanol–water partition coefficient (Wildman–Crippen LogP) is 7.01. The summed E-state index contributed by atoms with van der Waals surface area (Å²) in [5.41, 5.74) is 0. The predicted molar refractivity (Wildman–Crippen MR) is 112 cm³/mol. The number of ether oxygens (including phenoxy) is 1. The molecule has 0 N–H and O–H groups in total. The van der Waals surface area contributed by atoms with Crippen molar-refractivity contribution in [3.63, 3.8) is 0 Å². The zero-order valence-corrected chi connectivity index (χ0v) is 18.4. The minimum atomic E-state index is 0.119. The van der Waals surface area contributed by atoms with Gasteiger partial charge < -0.3 is 4.74 Å². The number of hydrogen-bond donors (Lipinski definition) is 0. The van der Waals surface area contributed by atoms with E-state index in [4.69, 9.17) is 4.74 Å². The highest BCUT2D eigenvalue weighted by molar-refractivity contribution is 5.72. The highest BCUT2D eigenvalue weighted by Gasteiger charge is 2.34. The maximum atomic E-state index is 12.7. The van der Waals surface area contributed by atoms with E-state index in [2.05, 4.69) is 27.7 Å². The Hall–Kier alpha value is -0.530. The molecule has 2 heteroatoms. The Morgan fingerprint density at radius 3 is 1.74 bits per heavy atom. The lowest BCUT2D eigenvalue weighted by Crippen LogP contribution is -2.35. The normalized spacial score (nSPS) is 43.3. The molecule has 0 bridgehead atoms. The summed E-state index contributed by atoms with van der Waals surface area (Å²) in [7, 11) is 0. The summed E-state index contributed by atoms with van der Waals surface area (Å²) in [6.45, 7) is 9.40. The molecule has 0 radical (unpaired) electrons. The first kappa shape index (κ1) is 21.2. The molecule has 2 unspecified atom stereocenters. The smallest absolute Gasteiger partial charge is 0.309 e. The van der Waals surface area contributed by atoms with Gasteiger partial charge in [0.25, 0.3) is 0 Å². The molecular weight excluding hydrogens is 332 g/mol. The topological polar surface area (TPSA) is 26.3 Å². The Bertz CT molecular complexity index is 445. The number of rotatable bonds is 5. The number of carbonyl (C=O) groups excluding carboxylic acids is 1. The molecular formula is C25H44O2. The van der Waals surface area contributed by atoms with E-state index in [1.165, 1.54) is 51.4 Å². The molecule has 2 nitrogen and oxygen atoms in total. The van der Waals surface area contributed by atoms with Gasteiger partial charge in [-0.25, -0.2) is 0 Å². The third-order valence-electron chi connectivity index (χ3n) is 8.65. The van der Waals surface area contributed by atoms with Crippen LogP contribution in [0.15, 0.2) is 0 Å². The van der Waals surface area contributed by atoms with E-state index < -0.39 is 0 Å². The van der Waals surface area contributed by atoms with E-state index in [0.29, 0.717) is 11.8 Å². The minimum absolute atomic E-state index is 0.119. The molecule has 0 saturated heterocycles. The second-order valence-electron chi connectivity index (χ2n) is 10.8. The minimum Gasteiger partial charge on any atom is -0.462 e. The Kier molecular flexibility index (Phi) is 7.68. The molecule has 3 saturated carbocycles. The molecule has 2 atom stereocenters. The van der Waals surface area contributed by atoms with Crippen LogP contribution in [-0.4, -0.2) is 12.1 Å². The van der Waals surface area contributed by atoms with Crippen molar-refractivity contribution >= 4 is 5.97 Å². The summed E-state index contributed by atoms with van der Waals surface area (Å²) in [5.74, 6) is 5.21. The Morgan fingerprint density at radius 1 is 0.741 bits per heavy atom. The van der Waals surface area contributed by atoms with Gasteiger partial charge in [-0.2, -0.15) is 0 Å². The largest absolute Gasteiger partial charge is 0.462 e. The fourth-order valence-electron chi connectivity index (χ4n) is 6.05. The molecule has 3 aliphatic carbocycles. The lowest BCUT2D eigenvalue weighted by atomic mass is 9.73. The molecule has 27 heavy (non-hydrogen) atoms. The summed E-state index contributed by atoms with van der Waals surface area (Å²) in [4.78, 5) is 12.7. The van der Waals surface area contributed by atoms with Crippen molar-refractivity contribution in [1.29, 1.82) is 0 Å². The summed E-state index contributed by atoms with van der Waals surface area (Å²) >= 11 is 0. The molecule has 0 spiro atoms. The van der Waals surface area contributed by atoms with Gasteiger partial charge in [-0.15, -0.1) is 0 Å². The average molecular weight is 377 g/mol. The molecule has 0 aromatic heterocycles. The fraction of sp³-hybridized carbons (Fsp3) is 0.960. The van der Waals surface area contributed by atoms with Gasteiger partial charge in [0.2, 0.25) is 0 Å². The van der Waals surface area contributed by atoms with Crippen LogP contribution in [-0.2, 0) is 9.53 Å². The second kappa shape index (κ2) is 9.79. The van der Waals surface area contributed by atoms with Crippen molar-refractivity contribution in [3.05, 3.63) is 0 Å². The fourth-order valence-corrected chi connectivity index (χ4v) is 6.05. The zero-order valence-electron chi connectivity index (χ0n) is 18.4. The maximum absolute atomic E-state index is 12.7. The summed E-state index contributed by atoms with van der Waals surface area (Å²) in [5, 5.41) is 0. The molecule has 3 fully saturated rings. The monoisotopic (exact) mass is 376 g/mol. The van der Waals surface area contributed by atoms with Crippen LogP contribution in [0.5, 0.6) is 0 Å². The van der Waals surface area contributed by atoms with E-state index >= 15 is 0 Å². The van der Waals surface area contributed by atoms with Gasteiger partial charge in [-0.1, -0.05) is 66.2 Å². The van der Waals surface area contributed by atoms with E-state index in [0.717, 1.165) is 49.4 Å². The maximum Gasteiger partial charge on any atom is 0.309 e. The van der Waals surface area contributed by atoms with Crippen molar-refractivity contribution < 1.29 is 9.53 Å². The van der Waals surface area contributed by atoms with Gasteiger partial charge in [0.05, 0.1) is 5.92 Å². The van der Waals surface area contributed by atoms with E-state index in [-0.39, 0.29) is 18.0 Å². The molecule has 3 aliphatic rings. The van der Waals surface area contributed by atoms with Gasteiger partial charge >= 0.3 is 5.97 Å². The van der Waals surface area contributed by atoms with Crippen molar-refractivity contribution in [2.24, 2.45) is 41.4 Å². The standard InChI is InChI=1S/C25H44O2/c1-17-5-7-21(8-6-17)9-10-22-11-13-23(14-12-22)25(26)27-24-15-18(2)20(4)19(3)16-24/h17-24H,5-16H2,1-4H3. The van der Waals surface area contributed by atoms with Gasteiger partial charge in [0, 0.05) is 0 Å². The SMILES string of the molecule is CC1CCC(CCC2CCC(C(=O)OC3CC(C)C(C)C(C)C3)CC2)CC1.